The number of Topliss-reactive ketones (excluding diaryl/α,β-unsaturated/α-hetero) is 1. The van der Waals surface area contributed by atoms with Crippen LogP contribution in [0.3, 0.4) is 0 Å². The van der Waals surface area contributed by atoms with E-state index in [0.29, 0.717) is 0 Å². The lowest BCUT2D eigenvalue weighted by Gasteiger charge is -2.12. The Bertz CT molecular complexity index is 391. The number of hydrogen-bond acceptors (Lipinski definition) is 3. The molecule has 0 bridgehead atoms. The molecule has 3 nitrogen and oxygen atoms in total. The first-order valence-corrected chi connectivity index (χ1v) is 6.77. The third-order valence-corrected chi connectivity index (χ3v) is 3.41. The van der Waals surface area contributed by atoms with Crippen LogP contribution in [-0.2, 0) is 0 Å². The van der Waals surface area contributed by atoms with Gasteiger partial charge in [-0.05, 0) is 68.7 Å². The number of ketones is 1. The molecular formula is C13H19IN2O. The quantitative estimate of drug-likeness (QED) is 0.488. The summed E-state index contributed by atoms with van der Waals surface area (Å²) in [5, 5.41) is 3.38. The summed E-state index contributed by atoms with van der Waals surface area (Å²) in [4.78, 5) is 13.5. The van der Waals surface area contributed by atoms with Crippen molar-refractivity contribution in [3.8, 4) is 0 Å². The minimum atomic E-state index is 0.109. The Morgan fingerprint density at radius 1 is 1.41 bits per heavy atom. The Morgan fingerprint density at radius 3 is 2.71 bits per heavy atom. The Hall–Kier alpha value is -0.620. The maximum absolute atomic E-state index is 11.3. The zero-order valence-corrected chi connectivity index (χ0v) is 12.7. The fraction of sp³-hybridized carbons (Fsp3) is 0.462. The Balaban J connectivity index is 2.57. The van der Waals surface area contributed by atoms with Gasteiger partial charge < -0.3 is 10.2 Å². The van der Waals surface area contributed by atoms with E-state index in [0.717, 1.165) is 34.3 Å². The lowest BCUT2D eigenvalue weighted by Crippen LogP contribution is -2.16. The second kappa shape index (κ2) is 6.96. The van der Waals surface area contributed by atoms with E-state index in [1.54, 1.807) is 6.92 Å². The topological polar surface area (TPSA) is 32.3 Å². The van der Waals surface area contributed by atoms with Crippen LogP contribution in [0.25, 0.3) is 0 Å². The van der Waals surface area contributed by atoms with Crippen molar-refractivity contribution in [3.63, 3.8) is 0 Å². The van der Waals surface area contributed by atoms with Gasteiger partial charge in [0.15, 0.2) is 5.78 Å². The largest absolute Gasteiger partial charge is 0.384 e. The fourth-order valence-electron chi connectivity index (χ4n) is 1.50. The van der Waals surface area contributed by atoms with E-state index in [4.69, 9.17) is 0 Å². The predicted octanol–water partition coefficient (Wildman–Crippen LogP) is 2.86. The van der Waals surface area contributed by atoms with Crippen LogP contribution in [0.5, 0.6) is 0 Å². The first kappa shape index (κ1) is 14.4. The van der Waals surface area contributed by atoms with Crippen molar-refractivity contribution in [1.82, 2.24) is 4.90 Å². The van der Waals surface area contributed by atoms with Crippen LogP contribution in [0.2, 0.25) is 0 Å². The van der Waals surface area contributed by atoms with Gasteiger partial charge in [-0.1, -0.05) is 6.07 Å². The lowest BCUT2D eigenvalue weighted by atomic mass is 10.1. The summed E-state index contributed by atoms with van der Waals surface area (Å²) in [6, 6.07) is 5.78. The number of benzene rings is 1. The number of anilines is 1. The molecule has 4 heteroatoms. The van der Waals surface area contributed by atoms with E-state index in [9.17, 15) is 4.79 Å². The monoisotopic (exact) mass is 346 g/mol. The van der Waals surface area contributed by atoms with Crippen molar-refractivity contribution in [3.05, 3.63) is 27.3 Å². The molecule has 1 aromatic rings. The van der Waals surface area contributed by atoms with E-state index in [1.165, 1.54) is 0 Å². The number of nitrogens with zero attached hydrogens (tertiary/aromatic N) is 1. The van der Waals surface area contributed by atoms with Gasteiger partial charge in [0.1, 0.15) is 0 Å². The Kier molecular flexibility index (Phi) is 5.91. The van der Waals surface area contributed by atoms with E-state index in [2.05, 4.69) is 46.9 Å². The van der Waals surface area contributed by atoms with Gasteiger partial charge in [0.2, 0.25) is 0 Å². The van der Waals surface area contributed by atoms with Gasteiger partial charge in [0, 0.05) is 21.4 Å². The number of carbonyl (C=O) groups is 1. The van der Waals surface area contributed by atoms with Crippen LogP contribution < -0.4 is 5.32 Å². The third-order valence-electron chi connectivity index (χ3n) is 2.47. The van der Waals surface area contributed by atoms with Crippen molar-refractivity contribution in [2.45, 2.75) is 13.3 Å². The number of carbonyl (C=O) groups excluding carboxylic acids is 1. The summed E-state index contributed by atoms with van der Waals surface area (Å²) in [6.07, 6.45) is 1.09. The average Bonchev–Trinajstić information content (AvgIpc) is 2.25. The van der Waals surface area contributed by atoms with Crippen molar-refractivity contribution in [2.24, 2.45) is 0 Å². The van der Waals surface area contributed by atoms with Gasteiger partial charge in [0.05, 0.1) is 0 Å². The maximum Gasteiger partial charge on any atom is 0.159 e. The summed E-state index contributed by atoms with van der Waals surface area (Å²) < 4.78 is 1.15. The Labute approximate surface area is 117 Å². The average molecular weight is 346 g/mol. The van der Waals surface area contributed by atoms with Gasteiger partial charge in [-0.3, -0.25) is 4.79 Å². The molecule has 0 aliphatic rings. The highest BCUT2D eigenvalue weighted by atomic mass is 127. The second-order valence-electron chi connectivity index (χ2n) is 4.33. The van der Waals surface area contributed by atoms with Gasteiger partial charge in [-0.2, -0.15) is 0 Å². The molecule has 0 aliphatic carbocycles. The highest BCUT2D eigenvalue weighted by Gasteiger charge is 2.04. The van der Waals surface area contributed by atoms with E-state index < -0.39 is 0 Å². The molecule has 1 rings (SSSR count). The highest BCUT2D eigenvalue weighted by molar-refractivity contribution is 14.1. The van der Waals surface area contributed by atoms with Gasteiger partial charge in [0.25, 0.3) is 0 Å². The standard InChI is InChI=1S/C13H19IN2O/c1-10(17)11-5-6-12(14)13(9-11)15-7-4-8-16(2)3/h5-6,9,15H,4,7-8H2,1-3H3. The maximum atomic E-state index is 11.3. The van der Waals surface area contributed by atoms with Crippen molar-refractivity contribution >= 4 is 34.1 Å². The molecule has 0 unspecified atom stereocenters. The zero-order valence-electron chi connectivity index (χ0n) is 10.6. The summed E-state index contributed by atoms with van der Waals surface area (Å²) in [6.45, 7) is 3.59. The van der Waals surface area contributed by atoms with Crippen LogP contribution in [0, 0.1) is 3.57 Å². The van der Waals surface area contributed by atoms with Crippen molar-refractivity contribution in [1.29, 1.82) is 0 Å². The number of rotatable bonds is 6. The molecular weight excluding hydrogens is 327 g/mol. The molecule has 0 heterocycles. The molecule has 0 aliphatic heterocycles. The van der Waals surface area contributed by atoms with Crippen molar-refractivity contribution in [2.75, 3.05) is 32.5 Å². The third kappa shape index (κ3) is 5.04. The van der Waals surface area contributed by atoms with E-state index >= 15 is 0 Å². The molecule has 1 aromatic carbocycles. The SMILES string of the molecule is CC(=O)c1ccc(I)c(NCCCN(C)C)c1. The molecule has 0 atom stereocenters. The summed E-state index contributed by atoms with van der Waals surface area (Å²) in [5.74, 6) is 0.109. The summed E-state index contributed by atoms with van der Waals surface area (Å²) in [7, 11) is 4.14. The lowest BCUT2D eigenvalue weighted by molar-refractivity contribution is 0.101. The van der Waals surface area contributed by atoms with Gasteiger partial charge >= 0.3 is 0 Å². The number of halogens is 1. The number of nitrogens with one attached hydrogen (secondary N) is 1. The van der Waals surface area contributed by atoms with Crippen LogP contribution in [0.1, 0.15) is 23.7 Å². The molecule has 17 heavy (non-hydrogen) atoms. The molecule has 94 valence electrons. The minimum Gasteiger partial charge on any atom is -0.384 e. The Morgan fingerprint density at radius 2 is 2.12 bits per heavy atom. The first-order valence-electron chi connectivity index (χ1n) is 5.70. The number of hydrogen-bond donors (Lipinski definition) is 1. The second-order valence-corrected chi connectivity index (χ2v) is 5.50. The van der Waals surface area contributed by atoms with E-state index in [-0.39, 0.29) is 5.78 Å². The molecule has 1 N–H and O–H groups in total. The molecule has 0 saturated carbocycles. The molecule has 0 fully saturated rings. The minimum absolute atomic E-state index is 0.109. The normalized spacial score (nSPS) is 10.6. The molecule has 0 saturated heterocycles. The zero-order chi connectivity index (χ0) is 12.8. The summed E-state index contributed by atoms with van der Waals surface area (Å²) >= 11 is 2.28. The van der Waals surface area contributed by atoms with Gasteiger partial charge in [-0.15, -0.1) is 0 Å². The van der Waals surface area contributed by atoms with Crippen molar-refractivity contribution < 1.29 is 4.79 Å². The fourth-order valence-corrected chi connectivity index (χ4v) is 2.02. The van der Waals surface area contributed by atoms with Crippen LogP contribution in [0.15, 0.2) is 18.2 Å². The molecule has 0 spiro atoms. The smallest absolute Gasteiger partial charge is 0.159 e. The molecule has 0 aromatic heterocycles. The van der Waals surface area contributed by atoms with E-state index in [1.807, 2.05) is 18.2 Å². The highest BCUT2D eigenvalue weighted by Crippen LogP contribution is 2.20. The van der Waals surface area contributed by atoms with Crippen LogP contribution >= 0.6 is 22.6 Å². The van der Waals surface area contributed by atoms with Crippen LogP contribution in [0.4, 0.5) is 5.69 Å². The van der Waals surface area contributed by atoms with Crippen LogP contribution in [-0.4, -0.2) is 37.9 Å². The van der Waals surface area contributed by atoms with Gasteiger partial charge in [-0.25, -0.2) is 0 Å². The summed E-state index contributed by atoms with van der Waals surface area (Å²) in [5.41, 5.74) is 1.82. The predicted molar refractivity (Wildman–Crippen MR) is 80.8 cm³/mol. The molecule has 0 radical (unpaired) electrons. The molecule has 0 amide bonds. The first-order chi connectivity index (χ1) is 8.00.